The Labute approximate surface area is 117 Å². The van der Waals surface area contributed by atoms with Gasteiger partial charge < -0.3 is 14.6 Å². The summed E-state index contributed by atoms with van der Waals surface area (Å²) in [6.07, 6.45) is 1.73. The third-order valence-corrected chi connectivity index (χ3v) is 3.95. The molecule has 5 nitrogen and oxygen atoms in total. The number of aryl methyl sites for hydroxylation is 1. The molecule has 0 spiro atoms. The molecule has 0 fully saturated rings. The van der Waals surface area contributed by atoms with Gasteiger partial charge in [-0.05, 0) is 26.7 Å². The summed E-state index contributed by atoms with van der Waals surface area (Å²) in [7, 11) is 0. The van der Waals surface area contributed by atoms with Crippen LogP contribution in [-0.2, 0) is 11.3 Å². The van der Waals surface area contributed by atoms with E-state index in [4.69, 9.17) is 5.11 Å². The molecule has 19 heavy (non-hydrogen) atoms. The van der Waals surface area contributed by atoms with Crippen molar-refractivity contribution >= 4 is 17.2 Å². The number of aliphatic hydroxyl groups excluding tert-OH is 1. The SMILES string of the molecule is CCN(CCCO)C(=O)CCCn1c(C)csc1=O. The Hall–Kier alpha value is -1.14. The average Bonchev–Trinajstić information content (AvgIpc) is 2.71. The maximum atomic E-state index is 11.9. The molecule has 0 radical (unpaired) electrons. The monoisotopic (exact) mass is 286 g/mol. The van der Waals surface area contributed by atoms with E-state index in [1.807, 2.05) is 19.2 Å². The molecule has 6 heteroatoms. The zero-order valence-electron chi connectivity index (χ0n) is 11.6. The maximum absolute atomic E-state index is 11.9. The summed E-state index contributed by atoms with van der Waals surface area (Å²) in [5.74, 6) is 0.0943. The Morgan fingerprint density at radius 2 is 2.21 bits per heavy atom. The molecule has 0 aliphatic heterocycles. The highest BCUT2D eigenvalue weighted by Gasteiger charge is 2.11. The largest absolute Gasteiger partial charge is 0.396 e. The van der Waals surface area contributed by atoms with Gasteiger partial charge in [-0.3, -0.25) is 9.59 Å². The first-order valence-electron chi connectivity index (χ1n) is 6.63. The molecule has 0 aliphatic rings. The zero-order valence-corrected chi connectivity index (χ0v) is 12.4. The molecule has 0 bridgehead atoms. The van der Waals surface area contributed by atoms with Crippen molar-refractivity contribution in [3.8, 4) is 0 Å². The minimum atomic E-state index is 0.0394. The highest BCUT2D eigenvalue weighted by Crippen LogP contribution is 2.04. The van der Waals surface area contributed by atoms with Crippen LogP contribution in [0.5, 0.6) is 0 Å². The lowest BCUT2D eigenvalue weighted by molar-refractivity contribution is -0.131. The van der Waals surface area contributed by atoms with Crippen LogP contribution < -0.4 is 4.87 Å². The highest BCUT2D eigenvalue weighted by molar-refractivity contribution is 7.07. The quantitative estimate of drug-likeness (QED) is 0.782. The van der Waals surface area contributed by atoms with Crippen molar-refractivity contribution in [2.75, 3.05) is 19.7 Å². The first kappa shape index (κ1) is 15.9. The number of aromatic nitrogens is 1. The molecule has 0 atom stereocenters. The Kier molecular flexibility index (Phi) is 6.80. The van der Waals surface area contributed by atoms with Crippen molar-refractivity contribution < 1.29 is 9.90 Å². The van der Waals surface area contributed by atoms with Crippen LogP contribution in [0.25, 0.3) is 0 Å². The molecule has 0 unspecified atom stereocenters. The number of rotatable bonds is 8. The predicted molar refractivity (Wildman–Crippen MR) is 76.5 cm³/mol. The Balaban J connectivity index is 2.39. The van der Waals surface area contributed by atoms with Crippen molar-refractivity contribution in [3.05, 3.63) is 20.7 Å². The topological polar surface area (TPSA) is 62.5 Å². The molecule has 108 valence electrons. The van der Waals surface area contributed by atoms with E-state index in [9.17, 15) is 9.59 Å². The summed E-state index contributed by atoms with van der Waals surface area (Å²) < 4.78 is 1.71. The number of carbonyl (C=O) groups excluding carboxylic acids is 1. The minimum Gasteiger partial charge on any atom is -0.396 e. The fourth-order valence-corrected chi connectivity index (χ4v) is 2.70. The smallest absolute Gasteiger partial charge is 0.307 e. The van der Waals surface area contributed by atoms with Crippen LogP contribution >= 0.6 is 11.3 Å². The summed E-state index contributed by atoms with van der Waals surface area (Å²) >= 11 is 1.20. The molecule has 0 aromatic carbocycles. The number of hydrogen-bond acceptors (Lipinski definition) is 4. The van der Waals surface area contributed by atoms with Crippen LogP contribution in [0.4, 0.5) is 0 Å². The first-order chi connectivity index (χ1) is 9.10. The molecule has 0 saturated heterocycles. The number of aliphatic hydroxyl groups is 1. The number of thiazole rings is 1. The predicted octanol–water partition coefficient (Wildman–Crippen LogP) is 1.23. The van der Waals surface area contributed by atoms with Gasteiger partial charge in [-0.15, -0.1) is 0 Å². The van der Waals surface area contributed by atoms with E-state index in [2.05, 4.69) is 0 Å². The second kappa shape index (κ2) is 8.12. The van der Waals surface area contributed by atoms with Crippen LogP contribution in [0.15, 0.2) is 10.2 Å². The summed E-state index contributed by atoms with van der Waals surface area (Å²) in [6, 6.07) is 0. The molecule has 0 saturated carbocycles. The summed E-state index contributed by atoms with van der Waals surface area (Å²) in [5.41, 5.74) is 0.954. The average molecular weight is 286 g/mol. The molecule has 1 aromatic heterocycles. The molecular formula is C13H22N2O3S. The lowest BCUT2D eigenvalue weighted by atomic mass is 10.2. The lowest BCUT2D eigenvalue weighted by Crippen LogP contribution is -2.32. The van der Waals surface area contributed by atoms with Crippen molar-refractivity contribution in [1.82, 2.24) is 9.47 Å². The summed E-state index contributed by atoms with van der Waals surface area (Å²) in [5, 5.41) is 10.6. The summed E-state index contributed by atoms with van der Waals surface area (Å²) in [4.78, 5) is 25.2. The third-order valence-electron chi connectivity index (χ3n) is 3.07. The van der Waals surface area contributed by atoms with Crippen molar-refractivity contribution in [2.45, 2.75) is 39.7 Å². The van der Waals surface area contributed by atoms with Crippen LogP contribution in [-0.4, -0.2) is 40.2 Å². The van der Waals surface area contributed by atoms with Gasteiger partial charge in [0.05, 0.1) is 0 Å². The van der Waals surface area contributed by atoms with E-state index in [1.54, 1.807) is 9.47 Å². The second-order valence-electron chi connectivity index (χ2n) is 4.45. The van der Waals surface area contributed by atoms with E-state index in [0.29, 0.717) is 38.9 Å². The van der Waals surface area contributed by atoms with Crippen molar-refractivity contribution in [1.29, 1.82) is 0 Å². The van der Waals surface area contributed by atoms with Gasteiger partial charge in [0.1, 0.15) is 0 Å². The van der Waals surface area contributed by atoms with Crippen LogP contribution in [0, 0.1) is 6.92 Å². The van der Waals surface area contributed by atoms with Gasteiger partial charge in [0.2, 0.25) is 5.91 Å². The van der Waals surface area contributed by atoms with E-state index >= 15 is 0 Å². The fourth-order valence-electron chi connectivity index (χ4n) is 1.94. The molecule has 1 N–H and O–H groups in total. The lowest BCUT2D eigenvalue weighted by Gasteiger charge is -2.20. The molecule has 1 rings (SSSR count). The van der Waals surface area contributed by atoms with E-state index in [1.165, 1.54) is 11.3 Å². The van der Waals surface area contributed by atoms with E-state index < -0.39 is 0 Å². The van der Waals surface area contributed by atoms with Gasteiger partial charge in [-0.25, -0.2) is 0 Å². The number of amides is 1. The van der Waals surface area contributed by atoms with Gasteiger partial charge in [0.25, 0.3) is 0 Å². The Morgan fingerprint density at radius 3 is 2.74 bits per heavy atom. The molecule has 1 aromatic rings. The second-order valence-corrected chi connectivity index (χ2v) is 5.27. The van der Waals surface area contributed by atoms with E-state index in [-0.39, 0.29) is 17.4 Å². The number of nitrogens with zero attached hydrogens (tertiary/aromatic N) is 2. The van der Waals surface area contributed by atoms with Gasteiger partial charge >= 0.3 is 4.87 Å². The van der Waals surface area contributed by atoms with Gasteiger partial charge in [-0.2, -0.15) is 0 Å². The van der Waals surface area contributed by atoms with Gasteiger partial charge in [0.15, 0.2) is 0 Å². The van der Waals surface area contributed by atoms with Gasteiger partial charge in [-0.1, -0.05) is 11.3 Å². The zero-order chi connectivity index (χ0) is 14.3. The molecular weight excluding hydrogens is 264 g/mol. The summed E-state index contributed by atoms with van der Waals surface area (Å²) in [6.45, 7) is 5.80. The molecule has 0 aliphatic carbocycles. The van der Waals surface area contributed by atoms with Gasteiger partial charge in [0, 0.05) is 43.7 Å². The van der Waals surface area contributed by atoms with Crippen LogP contribution in [0.2, 0.25) is 0 Å². The Bertz CT molecular complexity index is 453. The molecule has 1 amide bonds. The highest BCUT2D eigenvalue weighted by atomic mass is 32.1. The molecule has 1 heterocycles. The Morgan fingerprint density at radius 1 is 1.47 bits per heavy atom. The van der Waals surface area contributed by atoms with Crippen LogP contribution in [0.1, 0.15) is 31.9 Å². The van der Waals surface area contributed by atoms with E-state index in [0.717, 1.165) is 5.69 Å². The fraction of sp³-hybridized carbons (Fsp3) is 0.692. The minimum absolute atomic E-state index is 0.0394. The number of carbonyl (C=O) groups is 1. The van der Waals surface area contributed by atoms with Crippen molar-refractivity contribution in [3.63, 3.8) is 0 Å². The third kappa shape index (κ3) is 4.80. The standard InChI is InChI=1S/C13H22N2O3S/c1-3-14(7-5-9-16)12(17)6-4-8-15-11(2)10-19-13(15)18/h10,16H,3-9H2,1-2H3. The maximum Gasteiger partial charge on any atom is 0.307 e. The number of hydrogen-bond donors (Lipinski definition) is 1. The van der Waals surface area contributed by atoms with Crippen molar-refractivity contribution in [2.24, 2.45) is 0 Å². The normalized spacial score (nSPS) is 10.7. The van der Waals surface area contributed by atoms with Crippen LogP contribution in [0.3, 0.4) is 0 Å². The first-order valence-corrected chi connectivity index (χ1v) is 7.51.